The molecule has 2 aliphatic heterocycles. The zero-order chi connectivity index (χ0) is 14.9. The largest absolute Gasteiger partial charge is 0.381 e. The van der Waals surface area contributed by atoms with Crippen LogP contribution >= 0.6 is 0 Å². The third-order valence-electron chi connectivity index (χ3n) is 4.47. The lowest BCUT2D eigenvalue weighted by Crippen LogP contribution is -2.49. The van der Waals surface area contributed by atoms with Crippen LogP contribution in [0.5, 0.6) is 0 Å². The van der Waals surface area contributed by atoms with Gasteiger partial charge in [-0.15, -0.1) is 0 Å². The Morgan fingerprint density at radius 3 is 3.14 bits per heavy atom. The number of fused-ring (bicyclic) bond motifs is 1. The van der Waals surface area contributed by atoms with Gasteiger partial charge in [-0.3, -0.25) is 4.79 Å². The summed E-state index contributed by atoms with van der Waals surface area (Å²) in [4.78, 5) is 22.7. The van der Waals surface area contributed by atoms with Crippen molar-refractivity contribution < 1.29 is 9.53 Å². The fourth-order valence-electron chi connectivity index (χ4n) is 3.37. The minimum atomic E-state index is -0.461. The van der Waals surface area contributed by atoms with Gasteiger partial charge in [-0.25, -0.2) is 9.97 Å². The highest BCUT2D eigenvalue weighted by Gasteiger charge is 2.53. The van der Waals surface area contributed by atoms with E-state index in [0.717, 1.165) is 0 Å². The van der Waals surface area contributed by atoms with E-state index < -0.39 is 5.41 Å². The lowest BCUT2D eigenvalue weighted by molar-refractivity contribution is -0.138. The summed E-state index contributed by atoms with van der Waals surface area (Å²) in [5, 5.41) is 11.9. The third-order valence-corrected chi connectivity index (χ3v) is 4.47. The lowest BCUT2D eigenvalue weighted by Gasteiger charge is -2.36. The normalized spacial score (nSPS) is 27.8. The zero-order valence-corrected chi connectivity index (χ0v) is 11.9. The van der Waals surface area contributed by atoms with Gasteiger partial charge in [0.15, 0.2) is 11.5 Å². The number of ether oxygens (including phenoxy) is 1. The van der Waals surface area contributed by atoms with E-state index in [4.69, 9.17) is 4.74 Å². The summed E-state index contributed by atoms with van der Waals surface area (Å²) in [7, 11) is 1.66. The molecular formula is C14H17N5O2. The first-order valence-corrected chi connectivity index (χ1v) is 6.97. The molecule has 0 saturated carbocycles. The summed E-state index contributed by atoms with van der Waals surface area (Å²) in [5.41, 5.74) is -0.166. The van der Waals surface area contributed by atoms with Crippen LogP contribution in [0.15, 0.2) is 12.4 Å². The van der Waals surface area contributed by atoms with E-state index in [1.807, 2.05) is 4.90 Å². The number of nitrogens with one attached hydrogen (secondary N) is 1. The molecule has 1 aromatic heterocycles. The Labute approximate surface area is 122 Å². The maximum absolute atomic E-state index is 12.4. The van der Waals surface area contributed by atoms with Gasteiger partial charge in [0.05, 0.1) is 12.0 Å². The van der Waals surface area contributed by atoms with E-state index in [1.54, 1.807) is 13.2 Å². The molecule has 1 aromatic rings. The van der Waals surface area contributed by atoms with Crippen molar-refractivity contribution in [2.45, 2.75) is 6.42 Å². The van der Waals surface area contributed by atoms with E-state index in [2.05, 4.69) is 21.4 Å². The molecule has 3 rings (SSSR count). The SMILES string of the molecule is CNC(=O)C12CCOCC1CN(c1nccnc1C#N)C2. The van der Waals surface area contributed by atoms with E-state index >= 15 is 0 Å². The van der Waals surface area contributed by atoms with Gasteiger partial charge in [-0.2, -0.15) is 5.26 Å². The quantitative estimate of drug-likeness (QED) is 0.819. The highest BCUT2D eigenvalue weighted by Crippen LogP contribution is 2.43. The van der Waals surface area contributed by atoms with Gasteiger partial charge < -0.3 is 15.0 Å². The van der Waals surface area contributed by atoms with Crippen LogP contribution in [0.3, 0.4) is 0 Å². The van der Waals surface area contributed by atoms with Gasteiger partial charge in [-0.1, -0.05) is 0 Å². The lowest BCUT2D eigenvalue weighted by atomic mass is 9.73. The molecular weight excluding hydrogens is 270 g/mol. The van der Waals surface area contributed by atoms with E-state index in [1.165, 1.54) is 6.20 Å². The molecule has 1 N–H and O–H groups in total. The van der Waals surface area contributed by atoms with Crippen molar-refractivity contribution in [2.24, 2.45) is 11.3 Å². The number of hydrogen-bond donors (Lipinski definition) is 1. The van der Waals surface area contributed by atoms with Crippen molar-refractivity contribution in [3.8, 4) is 6.07 Å². The minimum Gasteiger partial charge on any atom is -0.381 e. The molecule has 2 atom stereocenters. The van der Waals surface area contributed by atoms with Crippen LogP contribution in [0.25, 0.3) is 0 Å². The van der Waals surface area contributed by atoms with Crippen LogP contribution in [-0.2, 0) is 9.53 Å². The molecule has 2 unspecified atom stereocenters. The number of carbonyl (C=O) groups is 1. The highest BCUT2D eigenvalue weighted by molar-refractivity contribution is 5.84. The second-order valence-corrected chi connectivity index (χ2v) is 5.48. The number of rotatable bonds is 2. The zero-order valence-electron chi connectivity index (χ0n) is 11.9. The summed E-state index contributed by atoms with van der Waals surface area (Å²) in [6, 6.07) is 2.06. The summed E-state index contributed by atoms with van der Waals surface area (Å²) >= 11 is 0. The number of nitrogens with zero attached hydrogens (tertiary/aromatic N) is 4. The number of nitriles is 1. The molecule has 0 spiro atoms. The predicted octanol–water partition coefficient (Wildman–Crippen LogP) is -0.0628. The first kappa shape index (κ1) is 13.8. The van der Waals surface area contributed by atoms with Crippen molar-refractivity contribution in [3.63, 3.8) is 0 Å². The maximum Gasteiger partial charge on any atom is 0.228 e. The maximum atomic E-state index is 12.4. The Kier molecular flexibility index (Phi) is 3.47. The molecule has 3 heterocycles. The molecule has 21 heavy (non-hydrogen) atoms. The van der Waals surface area contributed by atoms with Crippen LogP contribution in [0, 0.1) is 22.7 Å². The Bertz CT molecular complexity index is 599. The number of hydrogen-bond acceptors (Lipinski definition) is 6. The summed E-state index contributed by atoms with van der Waals surface area (Å²) < 4.78 is 5.54. The molecule has 2 aliphatic rings. The van der Waals surface area contributed by atoms with Crippen molar-refractivity contribution in [1.29, 1.82) is 5.26 Å². The van der Waals surface area contributed by atoms with E-state index in [-0.39, 0.29) is 11.8 Å². The van der Waals surface area contributed by atoms with Crippen molar-refractivity contribution in [3.05, 3.63) is 18.1 Å². The first-order valence-electron chi connectivity index (χ1n) is 6.97. The molecule has 2 fully saturated rings. The fraction of sp³-hybridized carbons (Fsp3) is 0.571. The molecule has 7 heteroatoms. The van der Waals surface area contributed by atoms with Crippen LogP contribution in [0.4, 0.5) is 5.82 Å². The second-order valence-electron chi connectivity index (χ2n) is 5.48. The summed E-state index contributed by atoms with van der Waals surface area (Å²) in [6.45, 7) is 2.35. The molecule has 0 radical (unpaired) electrons. The summed E-state index contributed by atoms with van der Waals surface area (Å²) in [6.07, 6.45) is 3.76. The molecule has 0 aliphatic carbocycles. The average molecular weight is 287 g/mol. The van der Waals surface area contributed by atoms with Gasteiger partial charge in [-0.05, 0) is 6.42 Å². The van der Waals surface area contributed by atoms with Crippen molar-refractivity contribution >= 4 is 11.7 Å². The topological polar surface area (TPSA) is 91.1 Å². The number of aromatic nitrogens is 2. The fourth-order valence-corrected chi connectivity index (χ4v) is 3.37. The van der Waals surface area contributed by atoms with Gasteiger partial charge >= 0.3 is 0 Å². The highest BCUT2D eigenvalue weighted by atomic mass is 16.5. The van der Waals surface area contributed by atoms with Gasteiger partial charge in [0, 0.05) is 45.1 Å². The van der Waals surface area contributed by atoms with Gasteiger partial charge in [0.2, 0.25) is 5.91 Å². The Morgan fingerprint density at radius 2 is 2.38 bits per heavy atom. The van der Waals surface area contributed by atoms with Crippen LogP contribution in [-0.4, -0.2) is 49.2 Å². The molecule has 110 valence electrons. The molecule has 1 amide bonds. The van der Waals surface area contributed by atoms with Crippen LogP contribution in [0.1, 0.15) is 12.1 Å². The van der Waals surface area contributed by atoms with Crippen molar-refractivity contribution in [1.82, 2.24) is 15.3 Å². The number of anilines is 1. The summed E-state index contributed by atoms with van der Waals surface area (Å²) in [5.74, 6) is 0.707. The minimum absolute atomic E-state index is 0.0423. The number of carbonyl (C=O) groups excluding carboxylic acids is 1. The average Bonchev–Trinajstić information content (AvgIpc) is 2.94. The molecule has 2 saturated heterocycles. The van der Waals surface area contributed by atoms with E-state index in [9.17, 15) is 10.1 Å². The smallest absolute Gasteiger partial charge is 0.228 e. The first-order chi connectivity index (χ1) is 10.2. The third kappa shape index (κ3) is 2.12. The van der Waals surface area contributed by atoms with Gasteiger partial charge in [0.1, 0.15) is 6.07 Å². The number of amides is 1. The monoisotopic (exact) mass is 287 g/mol. The standard InChI is InChI=1S/C14H17N5O2/c1-16-13(20)14-2-5-21-8-10(14)7-19(9-14)12-11(6-15)17-3-4-18-12/h3-4,10H,2,5,7-9H2,1H3,(H,16,20). The second kappa shape index (κ2) is 5.30. The molecule has 0 aromatic carbocycles. The Hall–Kier alpha value is -2.20. The Balaban J connectivity index is 1.95. The molecule has 0 bridgehead atoms. The van der Waals surface area contributed by atoms with Gasteiger partial charge in [0.25, 0.3) is 0 Å². The predicted molar refractivity (Wildman–Crippen MR) is 74.4 cm³/mol. The van der Waals surface area contributed by atoms with Crippen molar-refractivity contribution in [2.75, 3.05) is 38.3 Å². The molecule has 7 nitrogen and oxygen atoms in total. The Morgan fingerprint density at radius 1 is 1.57 bits per heavy atom. The van der Waals surface area contributed by atoms with E-state index in [0.29, 0.717) is 44.2 Å². The van der Waals surface area contributed by atoms with Crippen LogP contribution < -0.4 is 10.2 Å². The van der Waals surface area contributed by atoms with Crippen LogP contribution in [0.2, 0.25) is 0 Å².